The van der Waals surface area contributed by atoms with Gasteiger partial charge in [0.25, 0.3) is 0 Å². The first-order valence-corrected chi connectivity index (χ1v) is 47.4. The molecular weight excluding hydrogens is 1790 g/mol. The van der Waals surface area contributed by atoms with E-state index in [0.29, 0.717) is 132 Å². The van der Waals surface area contributed by atoms with Crippen LogP contribution >= 0.6 is 0 Å². The summed E-state index contributed by atoms with van der Waals surface area (Å²) in [6, 6.07) is 151. The molecule has 0 bridgehead atoms. The van der Waals surface area contributed by atoms with Crippen LogP contribution in [0.25, 0.3) is 269 Å². The number of rotatable bonds is 20. The lowest BCUT2D eigenvalue weighted by Crippen LogP contribution is -2.06. The average Bonchev–Trinajstić information content (AvgIpc) is 1.57. The molecule has 0 radical (unpaired) electrons. The van der Waals surface area contributed by atoms with Gasteiger partial charge in [0.1, 0.15) is 0 Å². The van der Waals surface area contributed by atoms with E-state index in [4.69, 9.17) is 87.9 Å². The molecule has 0 atom stereocenters. The fraction of sp³-hybridized carbons (Fsp3) is 0. The summed E-state index contributed by atoms with van der Waals surface area (Å²) < 4.78 is 4.55. The largest absolute Gasteiger partial charge is 0.308 e. The normalized spacial score (nSPS) is 11.3. The highest BCUT2D eigenvalue weighted by atomic mass is 15.1. The third-order valence-corrected chi connectivity index (χ3v) is 26.1. The minimum atomic E-state index is 0.318. The maximum atomic E-state index is 10.3. The van der Waals surface area contributed by atoms with Crippen molar-refractivity contribution in [1.29, 1.82) is 5.26 Å². The highest BCUT2D eigenvalue weighted by Gasteiger charge is 2.29. The lowest BCUT2D eigenvalue weighted by atomic mass is 9.99. The standard InChI is InChI=1S/C126H74N20/c1-128-98-61-51-80(52-62-98)79-47-49-91(50-48-79)120-142-125(100-65-55-92(81-45-43-78(77-127)44-46-81)75-110(100)145-106-67-57-94(121-134-112(83-27-11-3-12-28-83)130-113(135-121)84-29-13-4-14-30-84)71-102(106)103-72-95(58-68-107(103)145)122-136-114(85-31-15-5-16-32-85)131-115(137-122)86-33-17-6-18-34-86)144-126(143-120)101-66-56-93(82-53-63-99(129-2)64-54-82)76-111(101)146-108-69-59-96(123-138-116(87-35-19-7-20-36-87)132-117(139-123)88-37-21-8-22-38-88)73-104(108)105-74-97(60-70-109(105)146)124-140-118(89-39-23-9-24-40-89)133-119(141-124)90-41-25-10-26-42-90/h3-76H. The van der Waals surface area contributed by atoms with Crippen molar-refractivity contribution in [1.82, 2.24) is 83.9 Å². The van der Waals surface area contributed by atoms with E-state index in [1.54, 1.807) is 0 Å². The van der Waals surface area contributed by atoms with E-state index in [1.165, 1.54) is 0 Å². The summed E-state index contributed by atoms with van der Waals surface area (Å²) in [6.07, 6.45) is 0. The Kier molecular flexibility index (Phi) is 22.2. The summed E-state index contributed by atoms with van der Waals surface area (Å²) in [4.78, 5) is 88.1. The van der Waals surface area contributed by atoms with Crippen molar-refractivity contribution >= 4 is 55.0 Å². The Hall–Kier alpha value is -20.9. The Bertz CT molecular complexity index is 8420. The van der Waals surface area contributed by atoms with Crippen LogP contribution in [0.5, 0.6) is 0 Å². The molecule has 0 aliphatic heterocycles. The van der Waals surface area contributed by atoms with E-state index < -0.39 is 0 Å². The molecule has 25 aromatic rings. The first kappa shape index (κ1) is 86.6. The van der Waals surface area contributed by atoms with Crippen LogP contribution in [0.1, 0.15) is 5.56 Å². The van der Waals surface area contributed by atoms with Gasteiger partial charge in [-0.1, -0.05) is 340 Å². The van der Waals surface area contributed by atoms with Gasteiger partial charge in [0.05, 0.1) is 58.2 Å². The van der Waals surface area contributed by atoms with Gasteiger partial charge in [0, 0.05) is 105 Å². The van der Waals surface area contributed by atoms with Crippen molar-refractivity contribution in [2.45, 2.75) is 0 Å². The molecule has 0 fully saturated rings. The van der Waals surface area contributed by atoms with Gasteiger partial charge in [0.2, 0.25) is 0 Å². The van der Waals surface area contributed by atoms with Crippen LogP contribution < -0.4 is 0 Å². The quantitative estimate of drug-likeness (QED) is 0.0645. The van der Waals surface area contributed by atoms with Gasteiger partial charge in [-0.2, -0.15) is 5.26 Å². The molecule has 0 N–H and O–H groups in total. The number of fused-ring (bicyclic) bond motifs is 6. The van der Waals surface area contributed by atoms with Crippen LogP contribution in [0.3, 0.4) is 0 Å². The summed E-state index contributed by atoms with van der Waals surface area (Å²) in [5.74, 6) is 6.90. The van der Waals surface area contributed by atoms with Crippen LogP contribution in [0.4, 0.5) is 11.4 Å². The zero-order valence-corrected chi connectivity index (χ0v) is 77.7. The van der Waals surface area contributed by atoms with Crippen LogP contribution in [-0.2, 0) is 0 Å². The minimum Gasteiger partial charge on any atom is -0.308 e. The second kappa shape index (κ2) is 37.4. The Labute approximate surface area is 837 Å². The molecule has 0 saturated heterocycles. The first-order valence-electron chi connectivity index (χ1n) is 47.4. The van der Waals surface area contributed by atoms with E-state index in [-0.39, 0.29) is 0 Å². The van der Waals surface area contributed by atoms with Crippen molar-refractivity contribution in [3.8, 4) is 222 Å². The molecule has 678 valence electrons. The molecule has 18 aromatic carbocycles. The molecule has 20 heteroatoms. The Morgan fingerprint density at radius 1 is 0.171 bits per heavy atom. The summed E-state index contributed by atoms with van der Waals surface area (Å²) >= 11 is 0. The maximum absolute atomic E-state index is 10.3. The van der Waals surface area contributed by atoms with Crippen molar-refractivity contribution in [3.63, 3.8) is 0 Å². The fourth-order valence-electron chi connectivity index (χ4n) is 18.8. The number of aromatic nitrogens is 17. The van der Waals surface area contributed by atoms with Gasteiger partial charge in [-0.05, 0) is 143 Å². The average molecular weight is 1870 g/mol. The van der Waals surface area contributed by atoms with Gasteiger partial charge in [-0.25, -0.2) is 84.4 Å². The highest BCUT2D eigenvalue weighted by molar-refractivity contribution is 6.14. The number of hydrogen-bond acceptors (Lipinski definition) is 16. The van der Waals surface area contributed by atoms with Crippen molar-refractivity contribution in [2.75, 3.05) is 0 Å². The number of nitrogens with zero attached hydrogens (tertiary/aromatic N) is 20. The van der Waals surface area contributed by atoms with Crippen molar-refractivity contribution < 1.29 is 0 Å². The first-order chi connectivity index (χ1) is 72.1. The van der Waals surface area contributed by atoms with E-state index in [1.807, 2.05) is 328 Å². The predicted octanol–water partition coefficient (Wildman–Crippen LogP) is 29.8. The second-order valence-corrected chi connectivity index (χ2v) is 35.1. The lowest BCUT2D eigenvalue weighted by molar-refractivity contribution is 1.06. The zero-order valence-electron chi connectivity index (χ0n) is 77.7. The van der Waals surface area contributed by atoms with E-state index in [0.717, 1.165) is 144 Å². The molecule has 0 aliphatic carbocycles. The lowest BCUT2D eigenvalue weighted by Gasteiger charge is -2.18. The van der Waals surface area contributed by atoms with Crippen LogP contribution in [-0.4, -0.2) is 83.9 Å². The van der Waals surface area contributed by atoms with Gasteiger partial charge >= 0.3 is 0 Å². The Balaban J connectivity index is 0.753. The Morgan fingerprint density at radius 3 is 0.582 bits per heavy atom. The van der Waals surface area contributed by atoms with Gasteiger partial charge in [-0.3, -0.25) is 0 Å². The van der Waals surface area contributed by atoms with Crippen LogP contribution in [0.2, 0.25) is 0 Å². The summed E-state index contributed by atoms with van der Waals surface area (Å²) in [5, 5.41) is 13.7. The van der Waals surface area contributed by atoms with Crippen molar-refractivity contribution in [2.24, 2.45) is 0 Å². The SMILES string of the molecule is [C-]#[N+]c1ccc(-c2ccc(-c3nc(-c4ccc(-c5ccc(C#N)cc5)cc4-n4c5ccc(-c6nc(-c7ccccc7)nc(-c7ccccc7)n6)cc5c5cc(-c6nc(-c7ccccc7)nc(-c7ccccc7)n6)ccc54)nc(-c4ccc(-c5ccc([N+]#[C-])cc5)cc4-n4c5ccc(-c6nc(-c7ccccc7)nc(-c7ccccc7)n6)cc5c5cc(-c6nc(-c7ccccc7)nc(-c7ccccc7)n6)ccc54)n3)cc2)cc1. The highest BCUT2D eigenvalue weighted by Crippen LogP contribution is 2.47. The molecule has 146 heavy (non-hydrogen) atoms. The minimum absolute atomic E-state index is 0.318. The summed E-state index contributed by atoms with van der Waals surface area (Å²) in [6.45, 7) is 15.9. The zero-order chi connectivity index (χ0) is 97.5. The summed E-state index contributed by atoms with van der Waals surface area (Å²) in [7, 11) is 0. The monoisotopic (exact) mass is 1870 g/mol. The molecule has 20 nitrogen and oxygen atoms in total. The van der Waals surface area contributed by atoms with Crippen LogP contribution in [0, 0.1) is 24.5 Å². The number of hydrogen-bond donors (Lipinski definition) is 0. The third kappa shape index (κ3) is 16.7. The molecule has 0 saturated carbocycles. The van der Waals surface area contributed by atoms with E-state index in [9.17, 15) is 5.26 Å². The molecule has 7 heterocycles. The molecule has 0 amide bonds. The molecule has 7 aromatic heterocycles. The molecule has 25 rings (SSSR count). The topological polar surface area (TPSA) is 236 Å². The number of benzene rings is 18. The van der Waals surface area contributed by atoms with Gasteiger partial charge in [-0.15, -0.1) is 0 Å². The fourth-order valence-corrected chi connectivity index (χ4v) is 18.8. The molecule has 0 unspecified atom stereocenters. The smallest absolute Gasteiger partial charge is 0.187 e. The third-order valence-electron chi connectivity index (χ3n) is 26.1. The predicted molar refractivity (Wildman–Crippen MR) is 577 cm³/mol. The summed E-state index contributed by atoms with van der Waals surface area (Å²) in [5.41, 5.74) is 22.8. The van der Waals surface area contributed by atoms with Gasteiger partial charge in [0.15, 0.2) is 98.7 Å². The number of nitriles is 1. The van der Waals surface area contributed by atoms with Crippen LogP contribution in [0.15, 0.2) is 449 Å². The molecule has 0 spiro atoms. The van der Waals surface area contributed by atoms with E-state index in [2.05, 4.69) is 146 Å². The van der Waals surface area contributed by atoms with E-state index >= 15 is 0 Å². The Morgan fingerprint density at radius 2 is 0.349 bits per heavy atom. The molecule has 0 aliphatic rings. The second-order valence-electron chi connectivity index (χ2n) is 35.1. The molecular formula is C126H74N20. The van der Waals surface area contributed by atoms with Crippen molar-refractivity contribution in [3.05, 3.63) is 477 Å². The van der Waals surface area contributed by atoms with Gasteiger partial charge < -0.3 is 9.13 Å². The maximum Gasteiger partial charge on any atom is 0.187 e.